The van der Waals surface area contributed by atoms with Gasteiger partial charge in [0, 0.05) is 20.6 Å². The van der Waals surface area contributed by atoms with E-state index in [9.17, 15) is 0 Å². The van der Waals surface area contributed by atoms with E-state index in [1.165, 1.54) is 0 Å². The Morgan fingerprint density at radius 2 is 2.23 bits per heavy atom. The minimum absolute atomic E-state index is 0.0590. The molecular weight excluding hydrogens is 166 g/mol. The van der Waals surface area contributed by atoms with Crippen LogP contribution in [-0.2, 0) is 0 Å². The second-order valence-electron chi connectivity index (χ2n) is 3.26. The number of hydrogen-bond acceptors (Lipinski definition) is 4. The van der Waals surface area contributed by atoms with E-state index in [-0.39, 0.29) is 6.04 Å². The Balaban J connectivity index is 2.66. The van der Waals surface area contributed by atoms with Crippen LogP contribution >= 0.6 is 0 Å². The summed E-state index contributed by atoms with van der Waals surface area (Å²) in [5.74, 6) is 1.79. The van der Waals surface area contributed by atoms with E-state index in [1.807, 2.05) is 38.2 Å². The first kappa shape index (κ1) is 10.2. The van der Waals surface area contributed by atoms with Gasteiger partial charge >= 0.3 is 0 Å². The van der Waals surface area contributed by atoms with Crippen molar-refractivity contribution >= 4 is 0 Å². The predicted molar refractivity (Wildman–Crippen MR) is 52.1 cm³/mol. The monoisotopic (exact) mass is 183 g/mol. The molecule has 4 heteroatoms. The van der Waals surface area contributed by atoms with Gasteiger partial charge in [-0.3, -0.25) is 0 Å². The maximum Gasteiger partial charge on any atom is 0.123 e. The Hall–Kier alpha value is -0.840. The number of furan rings is 1. The number of nitrogens with one attached hydrogen (secondary N) is 1. The fourth-order valence-corrected chi connectivity index (χ4v) is 1.18. The molecule has 1 aromatic heterocycles. The molecule has 1 rings (SSSR count). The van der Waals surface area contributed by atoms with E-state index < -0.39 is 0 Å². The zero-order valence-corrected chi connectivity index (χ0v) is 8.37. The highest BCUT2D eigenvalue weighted by atomic mass is 16.3. The molecule has 1 atom stereocenters. The molecule has 0 aliphatic rings. The smallest absolute Gasteiger partial charge is 0.123 e. The summed E-state index contributed by atoms with van der Waals surface area (Å²) in [7, 11) is 3.86. The van der Waals surface area contributed by atoms with Gasteiger partial charge in [0.1, 0.15) is 11.5 Å². The topological polar surface area (TPSA) is 54.4 Å². The van der Waals surface area contributed by atoms with Gasteiger partial charge < -0.3 is 10.2 Å². The van der Waals surface area contributed by atoms with Crippen molar-refractivity contribution in [3.8, 4) is 0 Å². The van der Waals surface area contributed by atoms with E-state index >= 15 is 0 Å². The number of hydrazine groups is 1. The highest BCUT2D eigenvalue weighted by Gasteiger charge is 2.12. The lowest BCUT2D eigenvalue weighted by molar-refractivity contribution is 0.226. The Bertz CT molecular complexity index is 257. The molecule has 0 radical (unpaired) electrons. The Morgan fingerprint density at radius 3 is 2.62 bits per heavy atom. The molecule has 74 valence electrons. The third kappa shape index (κ3) is 2.84. The van der Waals surface area contributed by atoms with Gasteiger partial charge in [-0.15, -0.1) is 0 Å². The minimum atomic E-state index is 0.0590. The first-order chi connectivity index (χ1) is 6.13. The van der Waals surface area contributed by atoms with Crippen LogP contribution in [0.1, 0.15) is 17.6 Å². The molecule has 1 aromatic rings. The Morgan fingerprint density at radius 1 is 1.54 bits per heavy atom. The normalized spacial score (nSPS) is 13.6. The zero-order valence-electron chi connectivity index (χ0n) is 8.37. The maximum absolute atomic E-state index is 5.61. The van der Waals surface area contributed by atoms with Crippen molar-refractivity contribution in [2.24, 2.45) is 5.73 Å². The van der Waals surface area contributed by atoms with E-state index in [0.717, 1.165) is 11.5 Å². The molecule has 0 fully saturated rings. The van der Waals surface area contributed by atoms with Crippen LogP contribution in [0.15, 0.2) is 16.5 Å². The average Bonchev–Trinajstić information content (AvgIpc) is 2.47. The van der Waals surface area contributed by atoms with Gasteiger partial charge in [0.2, 0.25) is 0 Å². The van der Waals surface area contributed by atoms with E-state index in [1.54, 1.807) is 0 Å². The minimum Gasteiger partial charge on any atom is -0.465 e. The van der Waals surface area contributed by atoms with Crippen LogP contribution < -0.4 is 11.2 Å². The standard InChI is InChI=1S/C9H17N3O/c1-7-4-5-9(13-7)8(6-10)11-12(2)3/h4-5,8,11H,6,10H2,1-3H3. The largest absolute Gasteiger partial charge is 0.465 e. The maximum atomic E-state index is 5.61. The third-order valence-corrected chi connectivity index (χ3v) is 1.75. The van der Waals surface area contributed by atoms with Crippen molar-refractivity contribution in [1.29, 1.82) is 0 Å². The fraction of sp³-hybridized carbons (Fsp3) is 0.556. The van der Waals surface area contributed by atoms with Gasteiger partial charge in [-0.25, -0.2) is 10.4 Å². The Labute approximate surface area is 78.7 Å². The molecule has 0 aliphatic carbocycles. The van der Waals surface area contributed by atoms with E-state index in [2.05, 4.69) is 5.43 Å². The molecule has 1 heterocycles. The summed E-state index contributed by atoms with van der Waals surface area (Å²) in [5.41, 5.74) is 8.79. The lowest BCUT2D eigenvalue weighted by Crippen LogP contribution is -2.37. The molecule has 0 amide bonds. The van der Waals surface area contributed by atoms with Crippen molar-refractivity contribution in [3.05, 3.63) is 23.7 Å². The van der Waals surface area contributed by atoms with Gasteiger partial charge in [0.05, 0.1) is 6.04 Å². The SMILES string of the molecule is Cc1ccc(C(CN)NN(C)C)o1. The number of hydrogen-bond donors (Lipinski definition) is 2. The molecule has 0 aliphatic heterocycles. The van der Waals surface area contributed by atoms with Gasteiger partial charge in [0.15, 0.2) is 0 Å². The van der Waals surface area contributed by atoms with Gasteiger partial charge in [-0.05, 0) is 19.1 Å². The second kappa shape index (κ2) is 4.41. The summed E-state index contributed by atoms with van der Waals surface area (Å²) in [6.45, 7) is 2.44. The second-order valence-corrected chi connectivity index (χ2v) is 3.26. The van der Waals surface area contributed by atoms with Crippen LogP contribution in [0, 0.1) is 6.92 Å². The van der Waals surface area contributed by atoms with Crippen molar-refractivity contribution in [2.45, 2.75) is 13.0 Å². The molecule has 0 bridgehead atoms. The summed E-state index contributed by atoms with van der Waals surface area (Å²) in [5, 5.41) is 1.87. The van der Waals surface area contributed by atoms with Gasteiger partial charge in [-0.1, -0.05) is 0 Å². The van der Waals surface area contributed by atoms with Crippen molar-refractivity contribution in [3.63, 3.8) is 0 Å². The summed E-state index contributed by atoms with van der Waals surface area (Å²) < 4.78 is 5.47. The number of nitrogens with two attached hydrogens (primary N) is 1. The first-order valence-electron chi connectivity index (χ1n) is 4.33. The lowest BCUT2D eigenvalue weighted by Gasteiger charge is -2.19. The molecule has 0 spiro atoms. The molecule has 4 nitrogen and oxygen atoms in total. The van der Waals surface area contributed by atoms with E-state index in [0.29, 0.717) is 6.54 Å². The molecule has 0 saturated carbocycles. The number of aryl methyl sites for hydroxylation is 1. The van der Waals surface area contributed by atoms with Crippen LogP contribution in [0.5, 0.6) is 0 Å². The van der Waals surface area contributed by atoms with Crippen molar-refractivity contribution in [2.75, 3.05) is 20.6 Å². The lowest BCUT2D eigenvalue weighted by atomic mass is 10.2. The predicted octanol–water partition coefficient (Wildman–Crippen LogP) is 0.654. The molecule has 0 aromatic carbocycles. The van der Waals surface area contributed by atoms with Crippen LogP contribution in [0.4, 0.5) is 0 Å². The summed E-state index contributed by atoms with van der Waals surface area (Å²) in [6.07, 6.45) is 0. The molecule has 1 unspecified atom stereocenters. The summed E-state index contributed by atoms with van der Waals surface area (Å²) in [6, 6.07) is 3.95. The third-order valence-electron chi connectivity index (χ3n) is 1.75. The molecule has 0 saturated heterocycles. The number of rotatable bonds is 4. The molecule has 13 heavy (non-hydrogen) atoms. The van der Waals surface area contributed by atoms with Gasteiger partial charge in [-0.2, -0.15) is 0 Å². The quantitative estimate of drug-likeness (QED) is 0.673. The molecule has 3 N–H and O–H groups in total. The van der Waals surface area contributed by atoms with Crippen molar-refractivity contribution < 1.29 is 4.42 Å². The first-order valence-corrected chi connectivity index (χ1v) is 4.33. The zero-order chi connectivity index (χ0) is 9.84. The van der Waals surface area contributed by atoms with Gasteiger partial charge in [0.25, 0.3) is 0 Å². The van der Waals surface area contributed by atoms with E-state index in [4.69, 9.17) is 10.2 Å². The van der Waals surface area contributed by atoms with Crippen LogP contribution in [0.25, 0.3) is 0 Å². The van der Waals surface area contributed by atoms with Crippen LogP contribution in [0.3, 0.4) is 0 Å². The summed E-state index contributed by atoms with van der Waals surface area (Å²) >= 11 is 0. The highest BCUT2D eigenvalue weighted by molar-refractivity contribution is 5.09. The fourth-order valence-electron chi connectivity index (χ4n) is 1.18. The van der Waals surface area contributed by atoms with Crippen molar-refractivity contribution in [1.82, 2.24) is 10.4 Å². The van der Waals surface area contributed by atoms with Crippen LogP contribution in [-0.4, -0.2) is 25.6 Å². The average molecular weight is 183 g/mol. The highest BCUT2D eigenvalue weighted by Crippen LogP contribution is 2.14. The molecular formula is C9H17N3O. The Kier molecular flexibility index (Phi) is 3.48. The number of nitrogens with zero attached hydrogens (tertiary/aromatic N) is 1. The summed E-state index contributed by atoms with van der Waals surface area (Å²) in [4.78, 5) is 0. The van der Waals surface area contributed by atoms with Crippen LogP contribution in [0.2, 0.25) is 0 Å².